The molecule has 8 heavy (non-hydrogen) atoms. The van der Waals surface area contributed by atoms with Gasteiger partial charge >= 0.3 is 0 Å². The van der Waals surface area contributed by atoms with Gasteiger partial charge in [0, 0.05) is 37.7 Å². The molecule has 0 bridgehead atoms. The molecule has 0 aromatic heterocycles. The molecule has 0 aliphatic heterocycles. The van der Waals surface area contributed by atoms with Crippen molar-refractivity contribution >= 4 is 6.71 Å². The summed E-state index contributed by atoms with van der Waals surface area (Å²) >= 11 is 0. The molecule has 0 atom stereocenters. The van der Waals surface area contributed by atoms with Crippen molar-refractivity contribution in [2.75, 3.05) is 0 Å². The summed E-state index contributed by atoms with van der Waals surface area (Å²) < 4.78 is 0. The Morgan fingerprint density at radius 2 is 1.12 bits per heavy atom. The Hall–Kier alpha value is 1.32. The van der Waals surface area contributed by atoms with Crippen LogP contribution in [-0.4, -0.2) is 6.71 Å². The first-order valence-corrected chi connectivity index (χ1v) is 3.35. The molecule has 0 aromatic rings. The van der Waals surface area contributed by atoms with Crippen molar-refractivity contribution in [2.24, 2.45) is 0 Å². The molecule has 0 unspecified atom stereocenters. The molecule has 0 heterocycles. The Balaban J connectivity index is 0. The van der Waals surface area contributed by atoms with E-state index in [-0.39, 0.29) is 37.7 Å². The first-order chi connectivity index (χ1) is 3.35. The van der Waals surface area contributed by atoms with Gasteiger partial charge in [-0.25, -0.2) is 0 Å². The predicted molar refractivity (Wildman–Crippen MR) is 37.2 cm³/mol. The Morgan fingerprint density at radius 1 is 0.875 bits per heavy atom. The van der Waals surface area contributed by atoms with Crippen LogP contribution >= 0.6 is 0 Å². The second-order valence-corrected chi connectivity index (χ2v) is 2.09. The van der Waals surface area contributed by atoms with Gasteiger partial charge in [0.2, 0.25) is 0 Å². The van der Waals surface area contributed by atoms with Crippen LogP contribution in [-0.2, 0) is 0 Å². The summed E-state index contributed by atoms with van der Waals surface area (Å²) in [5.74, 6) is 0. The van der Waals surface area contributed by atoms with E-state index in [9.17, 15) is 0 Å². The maximum Gasteiger partial charge on any atom is 0.139 e. The SMILES string of the molecule is CCB(CC)CC.[Ar]. The van der Waals surface area contributed by atoms with Gasteiger partial charge in [-0.1, -0.05) is 39.7 Å². The van der Waals surface area contributed by atoms with Crippen molar-refractivity contribution in [3.05, 3.63) is 0 Å². The van der Waals surface area contributed by atoms with Gasteiger partial charge in [0.25, 0.3) is 0 Å². The summed E-state index contributed by atoms with van der Waals surface area (Å²) in [4.78, 5) is 0. The molecule has 0 aromatic carbocycles. The number of rotatable bonds is 3. The van der Waals surface area contributed by atoms with Gasteiger partial charge in [-0.05, 0) is 0 Å². The van der Waals surface area contributed by atoms with E-state index in [1.54, 1.807) is 0 Å². The topological polar surface area (TPSA) is 0 Å². The first kappa shape index (κ1) is 12.0. The molecule has 0 radical (unpaired) electrons. The third kappa shape index (κ3) is 5.46. The van der Waals surface area contributed by atoms with E-state index >= 15 is 0 Å². The van der Waals surface area contributed by atoms with E-state index in [1.165, 1.54) is 19.0 Å². The zero-order chi connectivity index (χ0) is 5.70. The largest absolute Gasteiger partial charge is 0.139 e. The maximum absolute atomic E-state index is 2.26. The van der Waals surface area contributed by atoms with Gasteiger partial charge in [-0.15, -0.1) is 0 Å². The summed E-state index contributed by atoms with van der Waals surface area (Å²) in [5.41, 5.74) is 0. The van der Waals surface area contributed by atoms with Crippen molar-refractivity contribution in [2.45, 2.75) is 39.7 Å². The van der Waals surface area contributed by atoms with Crippen LogP contribution in [0.25, 0.3) is 0 Å². The van der Waals surface area contributed by atoms with Crippen LogP contribution in [0.4, 0.5) is 0 Å². The van der Waals surface area contributed by atoms with Crippen molar-refractivity contribution in [3.8, 4) is 0 Å². The van der Waals surface area contributed by atoms with Crippen molar-refractivity contribution < 1.29 is 37.7 Å². The summed E-state index contributed by atoms with van der Waals surface area (Å²) in [6, 6.07) is 0. The fourth-order valence-electron chi connectivity index (χ4n) is 0.866. The smallest absolute Gasteiger partial charge is 0.0770 e. The maximum atomic E-state index is 2.26. The van der Waals surface area contributed by atoms with Crippen molar-refractivity contribution in [3.63, 3.8) is 0 Å². The molecular formula is C6H15ArB. The second-order valence-electron chi connectivity index (χ2n) is 2.09. The normalized spacial score (nSPS) is 7.88. The molecule has 0 aliphatic rings. The standard InChI is InChI=1S/C6H15B.Ar/c1-4-7(5-2)6-3;/h4-6H2,1-3H3;. The minimum absolute atomic E-state index is 0. The van der Waals surface area contributed by atoms with Crippen LogP contribution in [0.5, 0.6) is 0 Å². The van der Waals surface area contributed by atoms with Gasteiger partial charge in [-0.2, -0.15) is 0 Å². The molecule has 0 N–H and O–H groups in total. The van der Waals surface area contributed by atoms with E-state index in [1.807, 2.05) is 0 Å². The van der Waals surface area contributed by atoms with Crippen LogP contribution in [0, 0.1) is 37.7 Å². The molecule has 0 spiro atoms. The van der Waals surface area contributed by atoms with Gasteiger partial charge in [-0.3, -0.25) is 0 Å². The minimum Gasteiger partial charge on any atom is -0.0770 e. The molecule has 0 aliphatic carbocycles. The fourth-order valence-corrected chi connectivity index (χ4v) is 0.866. The number of hydrogen-bond donors (Lipinski definition) is 0. The van der Waals surface area contributed by atoms with E-state index < -0.39 is 0 Å². The average Bonchev–Trinajstić information content (AvgIpc) is 1.72. The molecule has 0 saturated carbocycles. The monoisotopic (exact) mass is 138 g/mol. The minimum atomic E-state index is 0. The second kappa shape index (κ2) is 8.32. The summed E-state index contributed by atoms with van der Waals surface area (Å²) in [6.07, 6.45) is 4.06. The molecule has 0 nitrogen and oxygen atoms in total. The van der Waals surface area contributed by atoms with Crippen molar-refractivity contribution in [1.82, 2.24) is 0 Å². The van der Waals surface area contributed by atoms with E-state index in [0.717, 1.165) is 6.71 Å². The molecule has 0 saturated heterocycles. The Labute approximate surface area is 83.5 Å². The molecule has 0 fully saturated rings. The zero-order valence-electron chi connectivity index (χ0n) is 6.05. The third-order valence-electron chi connectivity index (χ3n) is 1.73. The van der Waals surface area contributed by atoms with Crippen LogP contribution < -0.4 is 0 Å². The summed E-state index contributed by atoms with van der Waals surface area (Å²) in [5, 5.41) is 0. The van der Waals surface area contributed by atoms with E-state index in [2.05, 4.69) is 20.8 Å². The average molecular weight is 138 g/mol. The molecule has 0 rings (SSSR count). The number of hydrogen-bond acceptors (Lipinski definition) is 0. The predicted octanol–water partition coefficient (Wildman–Crippen LogP) is 2.54. The van der Waals surface area contributed by atoms with Crippen molar-refractivity contribution in [1.29, 1.82) is 0 Å². The Kier molecular flexibility index (Phi) is 12.5. The fraction of sp³-hybridized carbons (Fsp3) is 1.00. The molecular weight excluding hydrogens is 123 g/mol. The summed E-state index contributed by atoms with van der Waals surface area (Å²) in [7, 11) is 0. The molecule has 2 heteroatoms. The molecule has 0 amide bonds. The zero-order valence-corrected chi connectivity index (χ0v) is 6.76. The summed E-state index contributed by atoms with van der Waals surface area (Å²) in [6.45, 7) is 7.77. The van der Waals surface area contributed by atoms with Crippen LogP contribution in [0.2, 0.25) is 19.0 Å². The van der Waals surface area contributed by atoms with E-state index in [0.29, 0.717) is 0 Å². The molecule has 50 valence electrons. The van der Waals surface area contributed by atoms with Crippen LogP contribution in [0.15, 0.2) is 0 Å². The Bertz CT molecular complexity index is 30.0. The van der Waals surface area contributed by atoms with Gasteiger partial charge in [0.15, 0.2) is 0 Å². The quantitative estimate of drug-likeness (QED) is 0.525. The van der Waals surface area contributed by atoms with Crippen LogP contribution in [0.1, 0.15) is 20.8 Å². The van der Waals surface area contributed by atoms with Gasteiger partial charge in [0.05, 0.1) is 0 Å². The van der Waals surface area contributed by atoms with Gasteiger partial charge in [0.1, 0.15) is 6.71 Å². The van der Waals surface area contributed by atoms with Crippen LogP contribution in [0.3, 0.4) is 0 Å². The van der Waals surface area contributed by atoms with E-state index in [4.69, 9.17) is 0 Å². The third-order valence-corrected chi connectivity index (χ3v) is 1.73. The van der Waals surface area contributed by atoms with Gasteiger partial charge < -0.3 is 0 Å². The first-order valence-electron chi connectivity index (χ1n) is 3.35. The Morgan fingerprint density at radius 3 is 1.12 bits per heavy atom.